The summed E-state index contributed by atoms with van der Waals surface area (Å²) in [5, 5.41) is 37.1. The van der Waals surface area contributed by atoms with Gasteiger partial charge in [0.15, 0.2) is 6.61 Å². The van der Waals surface area contributed by atoms with Gasteiger partial charge in [0.2, 0.25) is 11.2 Å². The van der Waals surface area contributed by atoms with E-state index in [2.05, 4.69) is 39.5 Å². The molecular weight excluding hydrogens is 737 g/mol. The first kappa shape index (κ1) is 40.7. The number of aromatic nitrogens is 1. The van der Waals surface area contributed by atoms with E-state index in [1.807, 2.05) is 12.1 Å². The smallest absolute Gasteiger partial charge is 0.347 e. The van der Waals surface area contributed by atoms with Gasteiger partial charge in [-0.3, -0.25) is 14.5 Å². The summed E-state index contributed by atoms with van der Waals surface area (Å²) in [6, 6.07) is 31.9. The van der Waals surface area contributed by atoms with E-state index in [1.54, 1.807) is 65.6 Å². The number of piperidine rings is 2. The maximum atomic E-state index is 13.8. The van der Waals surface area contributed by atoms with E-state index in [-0.39, 0.29) is 42.9 Å². The molecule has 0 spiro atoms. The van der Waals surface area contributed by atoms with Gasteiger partial charge in [-0.25, -0.2) is 4.79 Å². The minimum absolute atomic E-state index is 0.0543. The zero-order valence-electron chi connectivity index (χ0n) is 32.6. The highest BCUT2D eigenvalue weighted by atomic mass is 16.5. The third-order valence-corrected chi connectivity index (χ3v) is 11.5. The number of nitrogens with one attached hydrogen (secondary N) is 2. The highest BCUT2D eigenvalue weighted by Crippen LogP contribution is 2.34. The van der Waals surface area contributed by atoms with Crippen molar-refractivity contribution in [2.75, 3.05) is 52.5 Å². The van der Waals surface area contributed by atoms with Crippen LogP contribution in [0.1, 0.15) is 54.0 Å². The molecule has 4 aromatic carbocycles. The van der Waals surface area contributed by atoms with Crippen LogP contribution in [0.25, 0.3) is 10.9 Å². The van der Waals surface area contributed by atoms with E-state index in [9.17, 15) is 29.7 Å². The predicted molar refractivity (Wildman–Crippen MR) is 220 cm³/mol. The molecule has 2 saturated heterocycles. The van der Waals surface area contributed by atoms with Gasteiger partial charge in [-0.05, 0) is 98.1 Å². The van der Waals surface area contributed by atoms with E-state index in [4.69, 9.17) is 9.47 Å². The normalized spacial score (nSPS) is 17.1. The largest absolute Gasteiger partial charge is 0.506 e. The number of esters is 1. The summed E-state index contributed by atoms with van der Waals surface area (Å²) in [7, 11) is 0. The van der Waals surface area contributed by atoms with Crippen molar-refractivity contribution in [1.29, 1.82) is 0 Å². The summed E-state index contributed by atoms with van der Waals surface area (Å²) in [5.41, 5.74) is 0.434. The van der Waals surface area contributed by atoms with Crippen molar-refractivity contribution in [3.63, 3.8) is 0 Å². The molecule has 1 amide bonds. The number of nitrogens with zero attached hydrogens (tertiary/aromatic N) is 2. The number of phenols is 1. The van der Waals surface area contributed by atoms with Gasteiger partial charge in [-0.15, -0.1) is 0 Å². The highest BCUT2D eigenvalue weighted by Gasteiger charge is 2.42. The lowest BCUT2D eigenvalue weighted by molar-refractivity contribution is -0.164. The van der Waals surface area contributed by atoms with Crippen molar-refractivity contribution >= 4 is 22.8 Å². The highest BCUT2D eigenvalue weighted by molar-refractivity contribution is 5.87. The van der Waals surface area contributed by atoms with Gasteiger partial charge < -0.3 is 40.0 Å². The fourth-order valence-corrected chi connectivity index (χ4v) is 8.05. The lowest BCUT2D eigenvalue weighted by Gasteiger charge is -2.33. The average molecular weight is 789 g/mol. The number of aromatic amines is 1. The summed E-state index contributed by atoms with van der Waals surface area (Å²) in [6.45, 7) is 4.82. The first-order valence-electron chi connectivity index (χ1n) is 20.1. The molecule has 304 valence electrons. The molecule has 0 radical (unpaired) electrons. The standard InChI is InChI=1S/C46H52N4O8/c51-40-16-14-38(39-15-17-42(53)48-44(39)40)41(52)28-47-27-32-20-24-50(25-21-32)43(54)31-57-37-13-7-12-36(26-37)46(56,35-10-5-2-6-11-35)45(55)58-30-34-18-22-49(23-19-34)29-33-8-3-1-4-9-33/h1-17,26,32,34,41,47,51-52,56H,18-25,27-31H2,(H,48,53)/t41-,46?/m0/s1. The van der Waals surface area contributed by atoms with Gasteiger partial charge in [0.05, 0.1) is 18.2 Å². The molecule has 1 aromatic heterocycles. The number of rotatable bonds is 15. The van der Waals surface area contributed by atoms with Crippen molar-refractivity contribution in [1.82, 2.24) is 20.1 Å². The quantitative estimate of drug-likeness (QED) is 0.0926. The maximum absolute atomic E-state index is 13.8. The Labute approximate surface area is 338 Å². The number of carbonyl (C=O) groups is 2. The van der Waals surface area contributed by atoms with Crippen LogP contribution in [0.3, 0.4) is 0 Å². The summed E-state index contributed by atoms with van der Waals surface area (Å²) in [5.74, 6) is -0.109. The van der Waals surface area contributed by atoms with Crippen molar-refractivity contribution in [3.05, 3.63) is 142 Å². The number of carbonyl (C=O) groups excluding carboxylic acids is 2. The number of aliphatic hydroxyl groups is 2. The van der Waals surface area contributed by atoms with Gasteiger partial charge in [-0.1, -0.05) is 78.9 Å². The fraction of sp³-hybridized carbons (Fsp3) is 0.370. The summed E-state index contributed by atoms with van der Waals surface area (Å²) < 4.78 is 11.8. The summed E-state index contributed by atoms with van der Waals surface area (Å²) >= 11 is 0. The SMILES string of the molecule is O=C(COc1cccc(C(O)(C(=O)OCC2CCN(Cc3ccccc3)CC2)c2ccccc2)c1)N1CCC(CNC[C@H](O)c2ccc(O)c3[nH]c(=O)ccc23)CC1. The number of hydrogen-bond acceptors (Lipinski definition) is 10. The van der Waals surface area contributed by atoms with Crippen LogP contribution >= 0.6 is 0 Å². The van der Waals surface area contributed by atoms with Crippen molar-refractivity contribution in [3.8, 4) is 11.5 Å². The Balaban J connectivity index is 0.885. The molecule has 12 heteroatoms. The summed E-state index contributed by atoms with van der Waals surface area (Å²) in [4.78, 5) is 45.6. The lowest BCUT2D eigenvalue weighted by Crippen LogP contribution is -2.43. The number of likely N-dealkylation sites (tertiary alicyclic amines) is 2. The number of pyridine rings is 1. The topological polar surface area (TPSA) is 165 Å². The van der Waals surface area contributed by atoms with Crippen molar-refractivity contribution in [2.24, 2.45) is 11.8 Å². The Hall–Kier alpha value is -5.53. The molecular formula is C46H52N4O8. The maximum Gasteiger partial charge on any atom is 0.347 e. The van der Waals surface area contributed by atoms with Crippen LogP contribution in [-0.2, 0) is 26.5 Å². The molecule has 3 heterocycles. The molecule has 5 N–H and O–H groups in total. The number of hydrogen-bond donors (Lipinski definition) is 5. The van der Waals surface area contributed by atoms with Crippen LogP contribution in [0.15, 0.2) is 114 Å². The summed E-state index contributed by atoms with van der Waals surface area (Å²) in [6.07, 6.45) is 2.51. The number of H-pyrrole nitrogens is 1. The molecule has 0 aliphatic carbocycles. The molecule has 58 heavy (non-hydrogen) atoms. The van der Waals surface area contributed by atoms with E-state index >= 15 is 0 Å². The van der Waals surface area contributed by atoms with Gasteiger partial charge in [-0.2, -0.15) is 0 Å². The van der Waals surface area contributed by atoms with Gasteiger partial charge >= 0.3 is 5.97 Å². The van der Waals surface area contributed by atoms with Crippen LogP contribution in [-0.4, -0.2) is 94.5 Å². The van der Waals surface area contributed by atoms with Crippen LogP contribution in [0.2, 0.25) is 0 Å². The van der Waals surface area contributed by atoms with E-state index in [0.29, 0.717) is 58.9 Å². The third kappa shape index (κ3) is 9.76. The molecule has 2 fully saturated rings. The van der Waals surface area contributed by atoms with Crippen LogP contribution < -0.4 is 15.6 Å². The first-order chi connectivity index (χ1) is 28.2. The number of benzene rings is 4. The number of ether oxygens (including phenoxy) is 2. The molecule has 2 aliphatic rings. The first-order valence-corrected chi connectivity index (χ1v) is 20.1. The molecule has 5 aromatic rings. The number of phenolic OH excluding ortho intramolecular Hbond substituents is 1. The lowest BCUT2D eigenvalue weighted by atomic mass is 9.86. The second-order valence-corrected chi connectivity index (χ2v) is 15.5. The molecule has 1 unspecified atom stereocenters. The minimum Gasteiger partial charge on any atom is -0.506 e. The molecule has 2 atom stereocenters. The second-order valence-electron chi connectivity index (χ2n) is 15.5. The molecule has 2 aliphatic heterocycles. The van der Waals surface area contributed by atoms with Gasteiger partial charge in [0.1, 0.15) is 11.5 Å². The van der Waals surface area contributed by atoms with Gasteiger partial charge in [0, 0.05) is 43.2 Å². The van der Waals surface area contributed by atoms with Crippen LogP contribution in [0.5, 0.6) is 11.5 Å². The molecule has 0 saturated carbocycles. The number of aliphatic hydroxyl groups excluding tert-OH is 1. The number of aromatic hydroxyl groups is 1. The van der Waals surface area contributed by atoms with Crippen LogP contribution in [0.4, 0.5) is 0 Å². The zero-order valence-corrected chi connectivity index (χ0v) is 32.6. The second kappa shape index (κ2) is 18.8. The number of fused-ring (bicyclic) bond motifs is 1. The average Bonchev–Trinajstić information content (AvgIpc) is 3.26. The Morgan fingerprint density at radius 1 is 0.828 bits per heavy atom. The fourth-order valence-electron chi connectivity index (χ4n) is 8.05. The zero-order chi connectivity index (χ0) is 40.5. The molecule has 7 rings (SSSR count). The Morgan fingerprint density at radius 2 is 1.52 bits per heavy atom. The Morgan fingerprint density at radius 3 is 2.26 bits per heavy atom. The molecule has 0 bridgehead atoms. The Bertz CT molecular complexity index is 2200. The van der Waals surface area contributed by atoms with Crippen LogP contribution in [0, 0.1) is 11.8 Å². The van der Waals surface area contributed by atoms with Crippen molar-refractivity contribution in [2.45, 2.75) is 43.9 Å². The molecule has 12 nitrogen and oxygen atoms in total. The van der Waals surface area contributed by atoms with E-state index in [0.717, 1.165) is 45.3 Å². The number of amides is 1. The monoisotopic (exact) mass is 788 g/mol. The van der Waals surface area contributed by atoms with E-state index in [1.165, 1.54) is 17.7 Å². The third-order valence-electron chi connectivity index (χ3n) is 11.5. The van der Waals surface area contributed by atoms with E-state index < -0.39 is 17.7 Å². The Kier molecular flexibility index (Phi) is 13.2. The predicted octanol–water partition coefficient (Wildman–Crippen LogP) is 4.87. The minimum atomic E-state index is -2.08. The van der Waals surface area contributed by atoms with Crippen molar-refractivity contribution < 1.29 is 34.4 Å². The van der Waals surface area contributed by atoms with Gasteiger partial charge in [0.25, 0.3) is 5.91 Å².